The highest BCUT2D eigenvalue weighted by Gasteiger charge is 2.17. The van der Waals surface area contributed by atoms with Crippen LogP contribution >= 0.6 is 23.1 Å². The number of anilines is 2. The van der Waals surface area contributed by atoms with Crippen LogP contribution in [0.25, 0.3) is 0 Å². The molecular formula is C12H14N4O2S2. The Balaban J connectivity index is 1.96. The van der Waals surface area contributed by atoms with Crippen molar-refractivity contribution in [2.24, 2.45) is 0 Å². The average molecular weight is 310 g/mol. The summed E-state index contributed by atoms with van der Waals surface area (Å²) in [7, 11) is 1.58. The van der Waals surface area contributed by atoms with Crippen LogP contribution in [0.4, 0.5) is 10.8 Å². The molecule has 1 heterocycles. The van der Waals surface area contributed by atoms with Gasteiger partial charge in [0.05, 0.1) is 12.4 Å². The lowest BCUT2D eigenvalue weighted by atomic mass is 10.3. The van der Waals surface area contributed by atoms with Gasteiger partial charge in [0.25, 0.3) is 0 Å². The highest BCUT2D eigenvalue weighted by molar-refractivity contribution is 8.02. The maximum atomic E-state index is 12.1. The summed E-state index contributed by atoms with van der Waals surface area (Å²) < 4.78 is 5.78. The monoisotopic (exact) mass is 310 g/mol. The predicted octanol–water partition coefficient (Wildman–Crippen LogP) is 2.25. The smallest absolute Gasteiger partial charge is 0.237 e. The summed E-state index contributed by atoms with van der Waals surface area (Å²) >= 11 is 2.59. The van der Waals surface area contributed by atoms with Gasteiger partial charge >= 0.3 is 0 Å². The molecule has 0 aliphatic carbocycles. The number of hydrogen-bond donors (Lipinski definition) is 2. The average Bonchev–Trinajstić information content (AvgIpc) is 2.84. The normalized spacial score (nSPS) is 11.9. The van der Waals surface area contributed by atoms with Crippen LogP contribution in [0.2, 0.25) is 0 Å². The summed E-state index contributed by atoms with van der Waals surface area (Å²) in [6, 6.07) is 7.20. The third kappa shape index (κ3) is 3.84. The Morgan fingerprint density at radius 1 is 1.50 bits per heavy atom. The van der Waals surface area contributed by atoms with E-state index >= 15 is 0 Å². The van der Waals surface area contributed by atoms with Gasteiger partial charge in [-0.2, -0.15) is 0 Å². The number of nitrogens with one attached hydrogen (secondary N) is 1. The van der Waals surface area contributed by atoms with Crippen molar-refractivity contribution < 1.29 is 9.53 Å². The number of carbonyl (C=O) groups excluding carboxylic acids is 1. The molecule has 2 aromatic rings. The fourth-order valence-electron chi connectivity index (χ4n) is 1.42. The first-order chi connectivity index (χ1) is 9.58. The lowest BCUT2D eigenvalue weighted by Gasteiger charge is -2.11. The first-order valence-electron chi connectivity index (χ1n) is 5.79. The molecule has 0 fully saturated rings. The Morgan fingerprint density at radius 2 is 2.30 bits per heavy atom. The summed E-state index contributed by atoms with van der Waals surface area (Å²) in [5.74, 6) is 0.581. The Bertz CT molecular complexity index is 603. The van der Waals surface area contributed by atoms with Gasteiger partial charge in [0.15, 0.2) is 4.34 Å². The zero-order valence-electron chi connectivity index (χ0n) is 11.0. The van der Waals surface area contributed by atoms with Gasteiger partial charge in [-0.15, -0.1) is 10.2 Å². The van der Waals surface area contributed by atoms with E-state index in [2.05, 4.69) is 15.5 Å². The summed E-state index contributed by atoms with van der Waals surface area (Å²) in [6.45, 7) is 1.80. The van der Waals surface area contributed by atoms with Gasteiger partial charge in [-0.3, -0.25) is 4.79 Å². The van der Waals surface area contributed by atoms with Crippen LogP contribution in [0.15, 0.2) is 28.6 Å². The van der Waals surface area contributed by atoms with Crippen molar-refractivity contribution in [2.75, 3.05) is 18.2 Å². The highest BCUT2D eigenvalue weighted by atomic mass is 32.2. The standard InChI is InChI=1S/C12H14N4O2S2/c1-7(19-12-16-15-11(13)20-12)10(17)14-8-4-3-5-9(6-8)18-2/h3-7H,1-2H3,(H2,13,15)(H,14,17)/t7-/m1/s1. The molecule has 3 N–H and O–H groups in total. The second kappa shape index (κ2) is 6.58. The van der Waals surface area contributed by atoms with E-state index in [1.807, 2.05) is 12.1 Å². The van der Waals surface area contributed by atoms with Crippen LogP contribution in [0.1, 0.15) is 6.92 Å². The zero-order chi connectivity index (χ0) is 14.5. The van der Waals surface area contributed by atoms with Crippen molar-refractivity contribution in [2.45, 2.75) is 16.5 Å². The molecule has 2 rings (SSSR count). The molecule has 0 bridgehead atoms. The number of nitrogen functional groups attached to an aromatic ring is 1. The minimum Gasteiger partial charge on any atom is -0.497 e. The number of ether oxygens (including phenoxy) is 1. The number of amides is 1. The first kappa shape index (κ1) is 14.6. The molecule has 1 amide bonds. The SMILES string of the molecule is COc1cccc(NC(=O)[C@@H](C)Sc2nnc(N)s2)c1. The minimum absolute atomic E-state index is 0.114. The number of benzene rings is 1. The van der Waals surface area contributed by atoms with Crippen molar-refractivity contribution in [3.05, 3.63) is 24.3 Å². The van der Waals surface area contributed by atoms with Gasteiger partial charge in [-0.1, -0.05) is 29.2 Å². The molecule has 106 valence electrons. The van der Waals surface area contributed by atoms with E-state index < -0.39 is 0 Å². The number of methoxy groups -OCH3 is 1. The molecule has 0 radical (unpaired) electrons. The van der Waals surface area contributed by atoms with Crippen molar-refractivity contribution in [1.29, 1.82) is 0 Å². The first-order valence-corrected chi connectivity index (χ1v) is 7.48. The number of rotatable bonds is 5. The summed E-state index contributed by atoms with van der Waals surface area (Å²) in [5, 5.41) is 10.5. The summed E-state index contributed by atoms with van der Waals surface area (Å²) in [6.07, 6.45) is 0. The van der Waals surface area contributed by atoms with E-state index in [9.17, 15) is 4.79 Å². The quantitative estimate of drug-likeness (QED) is 0.823. The van der Waals surface area contributed by atoms with E-state index in [1.54, 1.807) is 26.2 Å². The van der Waals surface area contributed by atoms with Gasteiger partial charge in [-0.05, 0) is 19.1 Å². The maximum Gasteiger partial charge on any atom is 0.237 e. The third-order valence-corrected chi connectivity index (χ3v) is 4.34. The maximum absolute atomic E-state index is 12.1. The summed E-state index contributed by atoms with van der Waals surface area (Å²) in [4.78, 5) is 12.1. The van der Waals surface area contributed by atoms with E-state index in [0.717, 1.165) is 0 Å². The van der Waals surface area contributed by atoms with Crippen LogP contribution in [0.3, 0.4) is 0 Å². The number of nitrogens with two attached hydrogens (primary N) is 1. The van der Waals surface area contributed by atoms with E-state index in [1.165, 1.54) is 23.1 Å². The number of hydrogen-bond acceptors (Lipinski definition) is 7. The molecule has 1 aromatic carbocycles. The number of carbonyl (C=O) groups is 1. The molecule has 0 spiro atoms. The van der Waals surface area contributed by atoms with Crippen LogP contribution < -0.4 is 15.8 Å². The van der Waals surface area contributed by atoms with E-state index in [4.69, 9.17) is 10.5 Å². The Hall–Kier alpha value is -1.80. The lowest BCUT2D eigenvalue weighted by Crippen LogP contribution is -2.22. The molecule has 0 unspecified atom stereocenters. The topological polar surface area (TPSA) is 90.1 Å². The van der Waals surface area contributed by atoms with Gasteiger partial charge in [0.2, 0.25) is 11.0 Å². The third-order valence-electron chi connectivity index (χ3n) is 2.41. The number of aromatic nitrogens is 2. The fourth-order valence-corrected chi connectivity index (χ4v) is 3.20. The molecule has 6 nitrogen and oxygen atoms in total. The summed E-state index contributed by atoms with van der Waals surface area (Å²) in [5.41, 5.74) is 6.20. The molecule has 1 atom stereocenters. The highest BCUT2D eigenvalue weighted by Crippen LogP contribution is 2.28. The van der Waals surface area contributed by atoms with Crippen molar-refractivity contribution in [3.8, 4) is 5.75 Å². The van der Waals surface area contributed by atoms with E-state index in [-0.39, 0.29) is 11.2 Å². The van der Waals surface area contributed by atoms with Crippen LogP contribution in [-0.2, 0) is 4.79 Å². The molecule has 1 aromatic heterocycles. The largest absolute Gasteiger partial charge is 0.497 e. The molecular weight excluding hydrogens is 296 g/mol. The van der Waals surface area contributed by atoms with Crippen molar-refractivity contribution in [1.82, 2.24) is 10.2 Å². The van der Waals surface area contributed by atoms with Crippen LogP contribution in [-0.4, -0.2) is 28.5 Å². The molecule has 0 aliphatic rings. The van der Waals surface area contributed by atoms with Crippen molar-refractivity contribution >= 4 is 39.8 Å². The van der Waals surface area contributed by atoms with Crippen LogP contribution in [0.5, 0.6) is 5.75 Å². The minimum atomic E-state index is -0.298. The lowest BCUT2D eigenvalue weighted by molar-refractivity contribution is -0.115. The Morgan fingerprint density at radius 3 is 2.95 bits per heavy atom. The number of thioether (sulfide) groups is 1. The molecule has 8 heteroatoms. The van der Waals surface area contributed by atoms with Gasteiger partial charge in [0, 0.05) is 11.8 Å². The van der Waals surface area contributed by atoms with Gasteiger partial charge < -0.3 is 15.8 Å². The second-order valence-corrected chi connectivity index (χ2v) is 6.48. The molecule has 20 heavy (non-hydrogen) atoms. The number of nitrogens with zero attached hydrogens (tertiary/aromatic N) is 2. The Labute approximate surface area is 124 Å². The molecule has 0 saturated carbocycles. The second-order valence-electron chi connectivity index (χ2n) is 3.89. The zero-order valence-corrected chi connectivity index (χ0v) is 12.6. The van der Waals surface area contributed by atoms with Gasteiger partial charge in [-0.25, -0.2) is 0 Å². The fraction of sp³-hybridized carbons (Fsp3) is 0.250. The van der Waals surface area contributed by atoms with Crippen LogP contribution in [0, 0.1) is 0 Å². The predicted molar refractivity (Wildman–Crippen MR) is 81.3 cm³/mol. The molecule has 0 aliphatic heterocycles. The Kier molecular flexibility index (Phi) is 4.80. The molecule has 0 saturated heterocycles. The van der Waals surface area contributed by atoms with E-state index in [0.29, 0.717) is 20.9 Å². The van der Waals surface area contributed by atoms with Crippen molar-refractivity contribution in [3.63, 3.8) is 0 Å². The van der Waals surface area contributed by atoms with Gasteiger partial charge in [0.1, 0.15) is 5.75 Å².